The van der Waals surface area contributed by atoms with Gasteiger partial charge in [0.2, 0.25) is 0 Å². The molecule has 9 heteroatoms. The molecular weight excluding hydrogens is 458 g/mol. The van der Waals surface area contributed by atoms with E-state index in [1.54, 1.807) is 10.9 Å². The number of aromatic nitrogens is 4. The highest BCUT2D eigenvalue weighted by molar-refractivity contribution is 6.99. The number of hydrogen-bond acceptors (Lipinski definition) is 7. The zero-order valence-corrected chi connectivity index (χ0v) is 21.2. The smallest absolute Gasteiger partial charge is 0.261 e. The average Bonchev–Trinajstić information content (AvgIpc) is 3.44. The summed E-state index contributed by atoms with van der Waals surface area (Å²) < 4.78 is 15.0. The van der Waals surface area contributed by atoms with E-state index in [9.17, 15) is 5.11 Å². The van der Waals surface area contributed by atoms with Crippen molar-refractivity contribution in [2.24, 2.45) is 0 Å². The van der Waals surface area contributed by atoms with Gasteiger partial charge >= 0.3 is 0 Å². The minimum Gasteiger partial charge on any atom is -0.405 e. The number of hydrogen-bond donors (Lipinski definition) is 2. The van der Waals surface area contributed by atoms with Crippen LogP contribution in [0, 0.1) is 0 Å². The Kier molecular flexibility index (Phi) is 6.18. The molecule has 1 fully saturated rings. The van der Waals surface area contributed by atoms with Crippen LogP contribution in [0.5, 0.6) is 0 Å². The van der Waals surface area contributed by atoms with Crippen molar-refractivity contribution in [3.05, 3.63) is 73.3 Å². The third kappa shape index (κ3) is 4.14. The van der Waals surface area contributed by atoms with Crippen molar-refractivity contribution in [3.8, 4) is 0 Å². The maximum atomic E-state index is 10.9. The highest BCUT2D eigenvalue weighted by Crippen LogP contribution is 2.38. The third-order valence-electron chi connectivity index (χ3n) is 6.73. The average molecular weight is 490 g/mol. The fourth-order valence-corrected chi connectivity index (χ4v) is 9.71. The van der Waals surface area contributed by atoms with Crippen molar-refractivity contribution in [2.45, 2.75) is 50.7 Å². The van der Waals surface area contributed by atoms with Crippen LogP contribution < -0.4 is 16.1 Å². The van der Waals surface area contributed by atoms with Crippen molar-refractivity contribution >= 4 is 35.7 Å². The number of nitrogen functional groups attached to an aromatic ring is 1. The molecule has 0 radical (unpaired) electrons. The van der Waals surface area contributed by atoms with E-state index in [4.69, 9.17) is 14.9 Å². The first kappa shape index (κ1) is 23.6. The number of aliphatic hydroxyl groups excluding tert-OH is 1. The number of aliphatic hydroxyl groups is 1. The van der Waals surface area contributed by atoms with Crippen LogP contribution in [0.4, 0.5) is 5.82 Å². The van der Waals surface area contributed by atoms with Gasteiger partial charge in [0.05, 0.1) is 19.0 Å². The maximum absolute atomic E-state index is 10.9. The number of nitrogens with two attached hydrogens (primary N) is 1. The van der Waals surface area contributed by atoms with Gasteiger partial charge in [0.25, 0.3) is 8.32 Å². The summed E-state index contributed by atoms with van der Waals surface area (Å²) in [4.78, 5) is 12.6. The second kappa shape index (κ2) is 9.16. The summed E-state index contributed by atoms with van der Waals surface area (Å²) in [7, 11) is -2.70. The van der Waals surface area contributed by atoms with Crippen LogP contribution in [0.1, 0.15) is 33.4 Å². The number of anilines is 1. The van der Waals surface area contributed by atoms with Gasteiger partial charge in [0.1, 0.15) is 17.9 Å². The molecule has 8 nitrogen and oxygen atoms in total. The first-order valence-corrected chi connectivity index (χ1v) is 13.7. The molecule has 1 saturated heterocycles. The second-order valence-corrected chi connectivity index (χ2v) is 14.3. The molecule has 0 unspecified atom stereocenters. The molecule has 182 valence electrons. The Morgan fingerprint density at radius 1 is 1.03 bits per heavy atom. The van der Waals surface area contributed by atoms with Crippen LogP contribution in [0.15, 0.2) is 73.3 Å². The van der Waals surface area contributed by atoms with Crippen LogP contribution in [-0.2, 0) is 9.16 Å². The SMILES string of the molecule is CC(C)(C)[Si](OC[C@@H]1C[C@@H](O)[C@H](n2cnc3c(N)ncnc32)O1)(c1ccccc1)c1ccccc1. The predicted octanol–water partition coefficient (Wildman–Crippen LogP) is 2.63. The van der Waals surface area contributed by atoms with Crippen molar-refractivity contribution in [3.63, 3.8) is 0 Å². The lowest BCUT2D eigenvalue weighted by Gasteiger charge is -2.43. The van der Waals surface area contributed by atoms with Gasteiger partial charge < -0.3 is 20.0 Å². The predicted molar refractivity (Wildman–Crippen MR) is 138 cm³/mol. The lowest BCUT2D eigenvalue weighted by Crippen LogP contribution is -2.67. The second-order valence-electron chi connectivity index (χ2n) is 10.0. The molecule has 0 saturated carbocycles. The molecule has 1 aliphatic heterocycles. The van der Waals surface area contributed by atoms with Crippen molar-refractivity contribution in [2.75, 3.05) is 12.3 Å². The molecule has 0 spiro atoms. The Bertz CT molecular complexity index is 1250. The molecule has 1 aliphatic rings. The maximum Gasteiger partial charge on any atom is 0.261 e. The fraction of sp³-hybridized carbons (Fsp3) is 0.346. The first-order valence-electron chi connectivity index (χ1n) is 11.8. The lowest BCUT2D eigenvalue weighted by molar-refractivity contribution is -0.0467. The van der Waals surface area contributed by atoms with E-state index in [2.05, 4.69) is 84.3 Å². The number of nitrogens with zero attached hydrogens (tertiary/aromatic N) is 4. The molecule has 0 aliphatic carbocycles. The van der Waals surface area contributed by atoms with Crippen LogP contribution in [-0.4, -0.2) is 51.8 Å². The molecule has 35 heavy (non-hydrogen) atoms. The molecule has 3 heterocycles. The van der Waals surface area contributed by atoms with Crippen molar-refractivity contribution < 1.29 is 14.3 Å². The summed E-state index contributed by atoms with van der Waals surface area (Å²) in [5.41, 5.74) is 6.96. The van der Waals surface area contributed by atoms with E-state index in [0.717, 1.165) is 0 Å². The minimum absolute atomic E-state index is 0.138. The Morgan fingerprint density at radius 2 is 1.66 bits per heavy atom. The molecule has 4 aromatic rings. The molecule has 2 aromatic heterocycles. The quantitative estimate of drug-likeness (QED) is 0.401. The van der Waals surface area contributed by atoms with E-state index in [1.165, 1.54) is 16.7 Å². The van der Waals surface area contributed by atoms with Crippen LogP contribution in [0.2, 0.25) is 5.04 Å². The molecule has 0 amide bonds. The fourth-order valence-electron chi connectivity index (χ4n) is 5.12. The topological polar surface area (TPSA) is 108 Å². The largest absolute Gasteiger partial charge is 0.405 e. The van der Waals surface area contributed by atoms with Crippen LogP contribution >= 0.6 is 0 Å². The zero-order chi connectivity index (χ0) is 24.6. The summed E-state index contributed by atoms with van der Waals surface area (Å²) in [6, 6.07) is 21.0. The monoisotopic (exact) mass is 489 g/mol. The van der Waals surface area contributed by atoms with E-state index < -0.39 is 20.6 Å². The van der Waals surface area contributed by atoms with Gasteiger partial charge in [0.15, 0.2) is 17.7 Å². The van der Waals surface area contributed by atoms with Gasteiger partial charge in [-0.1, -0.05) is 81.4 Å². The van der Waals surface area contributed by atoms with Crippen molar-refractivity contribution in [1.29, 1.82) is 0 Å². The molecule has 3 atom stereocenters. The highest BCUT2D eigenvalue weighted by Gasteiger charge is 2.51. The van der Waals surface area contributed by atoms with Gasteiger partial charge in [-0.25, -0.2) is 15.0 Å². The number of benzene rings is 2. The normalized spacial score (nSPS) is 21.0. The standard InChI is InChI=1S/C26H31N5O3Si/c1-26(2,3)35(19-10-6-4-7-11-19,20-12-8-5-9-13-20)33-15-18-14-21(32)25(34-18)31-17-30-22-23(27)28-16-29-24(22)31/h4-13,16-18,21,25,32H,14-15H2,1-3H3,(H2,27,28,29)/t18-,21+,25+/m0/s1. The first-order chi connectivity index (χ1) is 16.8. The van der Waals surface area contributed by atoms with Gasteiger partial charge in [-0.15, -0.1) is 0 Å². The van der Waals surface area contributed by atoms with E-state index in [1.807, 2.05) is 12.1 Å². The lowest BCUT2D eigenvalue weighted by atomic mass is 10.2. The van der Waals surface area contributed by atoms with Crippen LogP contribution in [0.3, 0.4) is 0 Å². The van der Waals surface area contributed by atoms with E-state index in [0.29, 0.717) is 30.0 Å². The van der Waals surface area contributed by atoms with Crippen LogP contribution in [0.25, 0.3) is 11.2 Å². The highest BCUT2D eigenvalue weighted by atomic mass is 28.4. The van der Waals surface area contributed by atoms with Crippen molar-refractivity contribution in [1.82, 2.24) is 19.5 Å². The van der Waals surface area contributed by atoms with Gasteiger partial charge in [-0.05, 0) is 15.4 Å². The van der Waals surface area contributed by atoms with Gasteiger partial charge in [-0.2, -0.15) is 0 Å². The van der Waals surface area contributed by atoms with E-state index >= 15 is 0 Å². The molecule has 0 bridgehead atoms. The summed E-state index contributed by atoms with van der Waals surface area (Å²) >= 11 is 0. The Hall–Kier alpha value is -3.11. The Balaban J connectivity index is 1.44. The zero-order valence-electron chi connectivity index (χ0n) is 20.2. The minimum atomic E-state index is -2.70. The Labute approximate surface area is 205 Å². The van der Waals surface area contributed by atoms with E-state index in [-0.39, 0.29) is 11.1 Å². The number of imidazole rings is 1. The summed E-state index contributed by atoms with van der Waals surface area (Å²) in [5.74, 6) is 0.299. The number of ether oxygens (including phenoxy) is 1. The van der Waals surface area contributed by atoms with Gasteiger partial charge in [0, 0.05) is 6.42 Å². The molecule has 5 rings (SSSR count). The molecule has 2 aromatic carbocycles. The van der Waals surface area contributed by atoms with Gasteiger partial charge in [-0.3, -0.25) is 4.57 Å². The number of rotatable bonds is 6. The molecule has 3 N–H and O–H groups in total. The Morgan fingerprint density at radius 3 is 2.26 bits per heavy atom. The number of fused-ring (bicyclic) bond motifs is 1. The summed E-state index contributed by atoms with van der Waals surface area (Å²) in [6.07, 6.45) is 1.80. The summed E-state index contributed by atoms with van der Waals surface area (Å²) in [5, 5.41) is 13.2. The molecular formula is C26H31N5O3Si. The summed E-state index contributed by atoms with van der Waals surface area (Å²) in [6.45, 7) is 7.10. The third-order valence-corrected chi connectivity index (χ3v) is 11.7.